The summed E-state index contributed by atoms with van der Waals surface area (Å²) in [6, 6.07) is 0. The van der Waals surface area contributed by atoms with E-state index in [1.54, 1.807) is 0 Å². The first-order valence-electron chi connectivity index (χ1n) is 0. The maximum Gasteiger partial charge on any atom is 0 e. The molecule has 0 aromatic heterocycles. The van der Waals surface area contributed by atoms with Gasteiger partial charge in [-0.1, -0.05) is 0 Å². The Balaban J connectivity index is 0. The van der Waals surface area contributed by atoms with Crippen LogP contribution in [0.15, 0.2) is 0 Å². The van der Waals surface area contributed by atoms with Crippen molar-refractivity contribution in [3.8, 4) is 0 Å². The molecule has 0 aliphatic heterocycles. The summed E-state index contributed by atoms with van der Waals surface area (Å²) in [6.45, 7) is 0. The third-order valence-corrected chi connectivity index (χ3v) is 0. The van der Waals surface area contributed by atoms with Gasteiger partial charge in [0, 0.05) is 19.5 Å². The standard InChI is InChI=1S/3ClH.6H2O.Ru/h3*1H;6*1H2;. The fourth-order valence-corrected chi connectivity index (χ4v) is 0. The van der Waals surface area contributed by atoms with Gasteiger partial charge >= 0.3 is 0 Å². The second-order valence-electron chi connectivity index (χ2n) is 0. The summed E-state index contributed by atoms with van der Waals surface area (Å²) in [5.41, 5.74) is 0. The van der Waals surface area contributed by atoms with Gasteiger partial charge in [0.2, 0.25) is 0 Å². The summed E-state index contributed by atoms with van der Waals surface area (Å²) in [6.07, 6.45) is 0. The van der Waals surface area contributed by atoms with Crippen molar-refractivity contribution >= 4 is 37.2 Å². The molecule has 0 saturated heterocycles. The summed E-state index contributed by atoms with van der Waals surface area (Å²) >= 11 is 0. The maximum atomic E-state index is 0. The maximum absolute atomic E-state index is 0. The van der Waals surface area contributed by atoms with Crippen molar-refractivity contribution in [2.75, 3.05) is 0 Å². The van der Waals surface area contributed by atoms with Gasteiger partial charge in [-0.2, -0.15) is 0 Å². The molecule has 0 amide bonds. The van der Waals surface area contributed by atoms with Crippen LogP contribution in [-0.4, -0.2) is 32.9 Å². The molecule has 0 atom stereocenters. The molecule has 0 fully saturated rings. The van der Waals surface area contributed by atoms with Crippen molar-refractivity contribution in [3.05, 3.63) is 0 Å². The normalized spacial score (nSPS) is 0. The zero-order valence-electron chi connectivity index (χ0n) is 4.58. The van der Waals surface area contributed by atoms with Gasteiger partial charge in [0.05, 0.1) is 0 Å². The Morgan fingerprint density at radius 2 is 0.300 bits per heavy atom. The van der Waals surface area contributed by atoms with Gasteiger partial charge in [-0.25, -0.2) is 0 Å². The van der Waals surface area contributed by atoms with Crippen molar-refractivity contribution in [2.45, 2.75) is 0 Å². The number of hydrogen-bond acceptors (Lipinski definition) is 0. The molecule has 10 heteroatoms. The summed E-state index contributed by atoms with van der Waals surface area (Å²) in [7, 11) is 0. The summed E-state index contributed by atoms with van der Waals surface area (Å²) in [5.74, 6) is 0. The van der Waals surface area contributed by atoms with E-state index < -0.39 is 0 Å². The molecule has 6 nitrogen and oxygen atoms in total. The molecule has 0 rings (SSSR count). The summed E-state index contributed by atoms with van der Waals surface area (Å²) in [4.78, 5) is 0. The minimum atomic E-state index is 0. The third-order valence-electron chi connectivity index (χ3n) is 0. The Labute approximate surface area is 89.6 Å². The zero-order valence-corrected chi connectivity index (χ0v) is 8.77. The first kappa shape index (κ1) is 753. The molecule has 0 saturated carbocycles. The van der Waals surface area contributed by atoms with Gasteiger partial charge < -0.3 is 32.9 Å². The van der Waals surface area contributed by atoms with Crippen molar-refractivity contribution in [1.29, 1.82) is 0 Å². The van der Waals surface area contributed by atoms with E-state index in [1.807, 2.05) is 0 Å². The van der Waals surface area contributed by atoms with E-state index in [4.69, 9.17) is 0 Å². The van der Waals surface area contributed by atoms with E-state index in [0.29, 0.717) is 0 Å². The van der Waals surface area contributed by atoms with Gasteiger partial charge in [-0.3, -0.25) is 0 Å². The van der Waals surface area contributed by atoms with Gasteiger partial charge in [0.25, 0.3) is 0 Å². The largest absolute Gasteiger partial charge is 0.412 e. The van der Waals surface area contributed by atoms with Crippen molar-refractivity contribution in [1.82, 2.24) is 0 Å². The molecular formula is H15Cl3O6Ru. The van der Waals surface area contributed by atoms with E-state index in [1.165, 1.54) is 0 Å². The molecule has 80 valence electrons. The summed E-state index contributed by atoms with van der Waals surface area (Å²) < 4.78 is 0. The number of halogens is 3. The van der Waals surface area contributed by atoms with Crippen LogP contribution in [0.2, 0.25) is 0 Å². The molecule has 0 aromatic carbocycles. The van der Waals surface area contributed by atoms with Crippen LogP contribution in [0.4, 0.5) is 0 Å². The monoisotopic (exact) mass is 318 g/mol. The minimum absolute atomic E-state index is 0. The average Bonchev–Trinajstić information content (AvgIpc) is 0. The molecular weight excluding hydrogens is 303 g/mol. The van der Waals surface area contributed by atoms with Crippen molar-refractivity contribution in [3.63, 3.8) is 0 Å². The van der Waals surface area contributed by atoms with Crippen LogP contribution in [0.5, 0.6) is 0 Å². The van der Waals surface area contributed by atoms with Gasteiger partial charge in [0.1, 0.15) is 0 Å². The smallest absolute Gasteiger partial charge is 0 e. The zero-order chi connectivity index (χ0) is 0. The Hall–Kier alpha value is 1.25. The molecule has 0 bridgehead atoms. The predicted molar refractivity (Wildman–Crippen MR) is 43.4 cm³/mol. The fraction of sp³-hybridized carbons (Fsp3) is 0. The molecule has 0 radical (unpaired) electrons. The first-order valence-corrected chi connectivity index (χ1v) is 0. The van der Waals surface area contributed by atoms with Gasteiger partial charge in [0.15, 0.2) is 0 Å². The van der Waals surface area contributed by atoms with Crippen LogP contribution in [0, 0.1) is 0 Å². The Morgan fingerprint density at radius 1 is 0.300 bits per heavy atom. The molecule has 0 aliphatic carbocycles. The second kappa shape index (κ2) is 559. The van der Waals surface area contributed by atoms with E-state index in [2.05, 4.69) is 0 Å². The topological polar surface area (TPSA) is 189 Å². The molecule has 0 heterocycles. The fourth-order valence-electron chi connectivity index (χ4n) is 0. The van der Waals surface area contributed by atoms with E-state index >= 15 is 0 Å². The third kappa shape index (κ3) is 401. The molecule has 0 aliphatic rings. The van der Waals surface area contributed by atoms with E-state index in [-0.39, 0.29) is 89.6 Å². The van der Waals surface area contributed by atoms with Crippen LogP contribution in [0.3, 0.4) is 0 Å². The predicted octanol–water partition coefficient (Wildman–Crippen LogP) is -3.69. The van der Waals surface area contributed by atoms with Crippen LogP contribution in [-0.2, 0) is 19.5 Å². The number of rotatable bonds is 0. The molecule has 12 N–H and O–H groups in total. The Morgan fingerprint density at radius 3 is 0.300 bits per heavy atom. The van der Waals surface area contributed by atoms with Crippen LogP contribution >= 0.6 is 37.2 Å². The Bertz CT molecular complexity index is 13.0. The SMILES string of the molecule is Cl.Cl.Cl.O.O.O.O.O.O.[Ru]. The second-order valence-corrected chi connectivity index (χ2v) is 0. The van der Waals surface area contributed by atoms with Gasteiger partial charge in [-0.05, 0) is 0 Å². The van der Waals surface area contributed by atoms with Gasteiger partial charge in [-0.15, -0.1) is 37.2 Å². The molecule has 10 heavy (non-hydrogen) atoms. The van der Waals surface area contributed by atoms with Crippen LogP contribution in [0.1, 0.15) is 0 Å². The van der Waals surface area contributed by atoms with Crippen LogP contribution in [0.25, 0.3) is 0 Å². The summed E-state index contributed by atoms with van der Waals surface area (Å²) in [5, 5.41) is 0. The van der Waals surface area contributed by atoms with Crippen molar-refractivity contribution < 1.29 is 52.3 Å². The molecule has 0 spiro atoms. The van der Waals surface area contributed by atoms with Crippen molar-refractivity contribution in [2.24, 2.45) is 0 Å². The molecule has 0 unspecified atom stereocenters. The Kier molecular flexibility index (Phi) is 42100. The van der Waals surface area contributed by atoms with Crippen LogP contribution < -0.4 is 0 Å². The van der Waals surface area contributed by atoms with E-state index in [0.717, 1.165) is 0 Å². The minimum Gasteiger partial charge on any atom is -0.412 e. The first-order chi connectivity index (χ1) is 0. The number of hydrogen-bond donors (Lipinski definition) is 0. The average molecular weight is 319 g/mol. The molecule has 0 aromatic rings. The quantitative estimate of drug-likeness (QED) is 0.398. The van der Waals surface area contributed by atoms with E-state index in [9.17, 15) is 0 Å².